The van der Waals surface area contributed by atoms with Gasteiger partial charge in [-0.1, -0.05) is 32.0 Å². The Labute approximate surface area is 117 Å². The SMILES string of the molecule is CC1(C)CCCC(O)(c2ccccc2C(F)(F)F)CC1. The largest absolute Gasteiger partial charge is 0.416 e. The summed E-state index contributed by atoms with van der Waals surface area (Å²) in [7, 11) is 0. The standard InChI is InChI=1S/C16H21F3O/c1-14(2)8-5-9-15(20,11-10-14)12-6-3-4-7-13(12)16(17,18)19/h3-4,6-7,20H,5,8-11H2,1-2H3. The molecule has 0 aromatic heterocycles. The van der Waals surface area contributed by atoms with Gasteiger partial charge in [0, 0.05) is 0 Å². The normalized spacial score (nSPS) is 27.1. The lowest BCUT2D eigenvalue weighted by molar-refractivity contribution is -0.141. The van der Waals surface area contributed by atoms with E-state index in [4.69, 9.17) is 0 Å². The number of alkyl halides is 3. The third kappa shape index (κ3) is 3.17. The lowest BCUT2D eigenvalue weighted by atomic mass is 9.81. The molecule has 0 bridgehead atoms. The van der Waals surface area contributed by atoms with Gasteiger partial charge in [0.25, 0.3) is 0 Å². The van der Waals surface area contributed by atoms with Crippen LogP contribution in [0.5, 0.6) is 0 Å². The van der Waals surface area contributed by atoms with E-state index in [2.05, 4.69) is 13.8 Å². The predicted molar refractivity (Wildman–Crippen MR) is 72.2 cm³/mol. The summed E-state index contributed by atoms with van der Waals surface area (Å²) in [5, 5.41) is 10.8. The van der Waals surface area contributed by atoms with Gasteiger partial charge in [0.1, 0.15) is 0 Å². The average Bonchev–Trinajstić information content (AvgIpc) is 2.49. The summed E-state index contributed by atoms with van der Waals surface area (Å²) in [6.07, 6.45) is -1.24. The van der Waals surface area contributed by atoms with Crippen LogP contribution in [0, 0.1) is 5.41 Å². The lowest BCUT2D eigenvalue weighted by Crippen LogP contribution is -2.28. The van der Waals surface area contributed by atoms with Crippen molar-refractivity contribution in [2.24, 2.45) is 5.41 Å². The Bertz CT molecular complexity index is 479. The van der Waals surface area contributed by atoms with Crippen molar-refractivity contribution < 1.29 is 18.3 Å². The topological polar surface area (TPSA) is 20.2 Å². The second-order valence-electron chi connectivity index (χ2n) is 6.59. The summed E-state index contributed by atoms with van der Waals surface area (Å²) in [5.74, 6) is 0. The van der Waals surface area contributed by atoms with Gasteiger partial charge in [-0.3, -0.25) is 0 Å². The fourth-order valence-corrected chi connectivity index (χ4v) is 3.06. The molecule has 20 heavy (non-hydrogen) atoms. The first-order valence-corrected chi connectivity index (χ1v) is 7.03. The zero-order valence-corrected chi connectivity index (χ0v) is 11.9. The second-order valence-corrected chi connectivity index (χ2v) is 6.59. The zero-order chi connectivity index (χ0) is 15.0. The summed E-state index contributed by atoms with van der Waals surface area (Å²) in [4.78, 5) is 0. The van der Waals surface area contributed by atoms with Crippen molar-refractivity contribution in [3.8, 4) is 0 Å². The van der Waals surface area contributed by atoms with E-state index in [1.807, 2.05) is 0 Å². The molecule has 0 aliphatic heterocycles. The molecular formula is C16H21F3O. The highest BCUT2D eigenvalue weighted by Crippen LogP contribution is 2.46. The van der Waals surface area contributed by atoms with Crippen molar-refractivity contribution >= 4 is 0 Å². The van der Waals surface area contributed by atoms with Crippen LogP contribution >= 0.6 is 0 Å². The molecule has 1 fully saturated rings. The van der Waals surface area contributed by atoms with Crippen LogP contribution in [0.1, 0.15) is 57.1 Å². The van der Waals surface area contributed by atoms with Crippen LogP contribution in [0.2, 0.25) is 0 Å². The number of aliphatic hydroxyl groups is 1. The third-order valence-corrected chi connectivity index (χ3v) is 4.39. The molecule has 1 aromatic carbocycles. The number of rotatable bonds is 1. The third-order valence-electron chi connectivity index (χ3n) is 4.39. The first-order valence-electron chi connectivity index (χ1n) is 7.03. The maximum atomic E-state index is 13.1. The Hall–Kier alpha value is -1.03. The summed E-state index contributed by atoms with van der Waals surface area (Å²) in [5.41, 5.74) is -1.95. The first-order chi connectivity index (χ1) is 9.14. The minimum absolute atomic E-state index is 0.0326. The molecule has 1 aliphatic rings. The molecule has 0 radical (unpaired) electrons. The Morgan fingerprint density at radius 3 is 2.30 bits per heavy atom. The van der Waals surface area contributed by atoms with Crippen molar-refractivity contribution in [1.82, 2.24) is 0 Å². The lowest BCUT2D eigenvalue weighted by Gasteiger charge is -2.30. The number of halogens is 3. The number of hydrogen-bond acceptors (Lipinski definition) is 1. The first kappa shape index (κ1) is 15.4. The molecule has 1 nitrogen and oxygen atoms in total. The molecule has 0 spiro atoms. The van der Waals surface area contributed by atoms with E-state index in [-0.39, 0.29) is 11.0 Å². The van der Waals surface area contributed by atoms with Crippen LogP contribution in [-0.2, 0) is 11.8 Å². The van der Waals surface area contributed by atoms with Gasteiger partial charge in [0.15, 0.2) is 0 Å². The molecule has 1 aliphatic carbocycles. The van der Waals surface area contributed by atoms with Crippen molar-refractivity contribution in [3.05, 3.63) is 35.4 Å². The van der Waals surface area contributed by atoms with E-state index in [1.165, 1.54) is 12.1 Å². The van der Waals surface area contributed by atoms with E-state index in [1.54, 1.807) is 6.07 Å². The maximum absolute atomic E-state index is 13.1. The van der Waals surface area contributed by atoms with E-state index in [0.29, 0.717) is 12.8 Å². The van der Waals surface area contributed by atoms with Crippen LogP contribution in [-0.4, -0.2) is 5.11 Å². The molecule has 2 rings (SSSR count). The van der Waals surface area contributed by atoms with Crippen molar-refractivity contribution in [1.29, 1.82) is 0 Å². The monoisotopic (exact) mass is 286 g/mol. The molecule has 1 aromatic rings. The number of benzene rings is 1. The summed E-state index contributed by atoms with van der Waals surface area (Å²) >= 11 is 0. The van der Waals surface area contributed by atoms with Crippen molar-refractivity contribution in [2.75, 3.05) is 0 Å². The van der Waals surface area contributed by atoms with Gasteiger partial charge in [-0.25, -0.2) is 0 Å². The van der Waals surface area contributed by atoms with Crippen molar-refractivity contribution in [2.45, 2.75) is 57.7 Å². The van der Waals surface area contributed by atoms with Gasteiger partial charge < -0.3 is 5.11 Å². The van der Waals surface area contributed by atoms with Crippen LogP contribution in [0.15, 0.2) is 24.3 Å². The molecule has 0 saturated heterocycles. The highest BCUT2D eigenvalue weighted by molar-refractivity contribution is 5.34. The smallest absolute Gasteiger partial charge is 0.385 e. The molecule has 112 valence electrons. The maximum Gasteiger partial charge on any atom is 0.416 e. The Morgan fingerprint density at radius 2 is 1.65 bits per heavy atom. The molecule has 1 N–H and O–H groups in total. The van der Waals surface area contributed by atoms with Crippen molar-refractivity contribution in [3.63, 3.8) is 0 Å². The molecule has 0 amide bonds. The average molecular weight is 286 g/mol. The van der Waals surface area contributed by atoms with Crippen LogP contribution in [0.3, 0.4) is 0 Å². The molecule has 1 atom stereocenters. The van der Waals surface area contributed by atoms with Gasteiger partial charge in [-0.15, -0.1) is 0 Å². The zero-order valence-electron chi connectivity index (χ0n) is 11.9. The highest BCUT2D eigenvalue weighted by Gasteiger charge is 2.42. The van der Waals surface area contributed by atoms with Crippen LogP contribution < -0.4 is 0 Å². The molecule has 1 saturated carbocycles. The fourth-order valence-electron chi connectivity index (χ4n) is 3.06. The summed E-state index contributed by atoms with van der Waals surface area (Å²) in [6.45, 7) is 4.21. The number of hydrogen-bond donors (Lipinski definition) is 1. The van der Waals surface area contributed by atoms with Crippen LogP contribution in [0.25, 0.3) is 0 Å². The van der Waals surface area contributed by atoms with E-state index in [9.17, 15) is 18.3 Å². The molecular weight excluding hydrogens is 265 g/mol. The summed E-state index contributed by atoms with van der Waals surface area (Å²) in [6, 6.07) is 5.42. The van der Waals surface area contributed by atoms with Gasteiger partial charge in [-0.05, 0) is 49.1 Å². The van der Waals surface area contributed by atoms with Gasteiger partial charge in [-0.2, -0.15) is 13.2 Å². The van der Waals surface area contributed by atoms with E-state index in [0.717, 1.165) is 25.3 Å². The highest BCUT2D eigenvalue weighted by atomic mass is 19.4. The van der Waals surface area contributed by atoms with Gasteiger partial charge in [0.2, 0.25) is 0 Å². The quantitative estimate of drug-likeness (QED) is 0.729. The Morgan fingerprint density at radius 1 is 1.00 bits per heavy atom. The second kappa shape index (κ2) is 5.06. The molecule has 4 heteroatoms. The predicted octanol–water partition coefficient (Wildman–Crippen LogP) is 4.88. The molecule has 0 heterocycles. The molecule has 1 unspecified atom stereocenters. The minimum atomic E-state index is -4.42. The van der Waals surface area contributed by atoms with Gasteiger partial charge in [0.05, 0.1) is 11.2 Å². The summed E-state index contributed by atoms with van der Waals surface area (Å²) < 4.78 is 39.3. The fraction of sp³-hybridized carbons (Fsp3) is 0.625. The Kier molecular flexibility index (Phi) is 3.89. The van der Waals surface area contributed by atoms with Gasteiger partial charge >= 0.3 is 6.18 Å². The van der Waals surface area contributed by atoms with E-state index < -0.39 is 17.3 Å². The Balaban J connectivity index is 2.40. The minimum Gasteiger partial charge on any atom is -0.385 e. The van der Waals surface area contributed by atoms with E-state index >= 15 is 0 Å². The van der Waals surface area contributed by atoms with Crippen LogP contribution in [0.4, 0.5) is 13.2 Å².